The second-order valence-corrected chi connectivity index (χ2v) is 6.61. The number of carbonyl (C=O) groups is 1. The van der Waals surface area contributed by atoms with Crippen molar-refractivity contribution >= 4 is 16.8 Å². The second kappa shape index (κ2) is 5.57. The molecule has 1 amide bonds. The minimum atomic E-state index is -0.326. The second-order valence-electron chi connectivity index (χ2n) is 6.61. The number of carbonyl (C=O) groups excluding carboxylic acids is 1. The molecule has 4 nitrogen and oxygen atoms in total. The van der Waals surface area contributed by atoms with Crippen LogP contribution in [0.15, 0.2) is 30.5 Å². The van der Waals surface area contributed by atoms with Crippen LogP contribution in [0.5, 0.6) is 0 Å². The van der Waals surface area contributed by atoms with Gasteiger partial charge in [0.05, 0.1) is 16.7 Å². The smallest absolute Gasteiger partial charge is 0.253 e. The number of hydrogen-bond donors (Lipinski definition) is 1. The average molecular weight is 314 g/mol. The highest BCUT2D eigenvalue weighted by Crippen LogP contribution is 2.42. The molecule has 1 unspecified atom stereocenters. The number of aromatic nitrogens is 1. The van der Waals surface area contributed by atoms with Crippen molar-refractivity contribution in [2.45, 2.75) is 43.7 Å². The third kappa shape index (κ3) is 2.81. The highest BCUT2D eigenvalue weighted by atomic mass is 19.1. The van der Waals surface area contributed by atoms with Gasteiger partial charge in [-0.15, -0.1) is 0 Å². The van der Waals surface area contributed by atoms with Gasteiger partial charge in [0.2, 0.25) is 0 Å². The van der Waals surface area contributed by atoms with Crippen molar-refractivity contribution in [3.05, 3.63) is 41.8 Å². The summed E-state index contributed by atoms with van der Waals surface area (Å²) < 4.78 is 19.2. The molecule has 1 atom stereocenters. The van der Waals surface area contributed by atoms with Gasteiger partial charge >= 0.3 is 0 Å². The third-order valence-electron chi connectivity index (χ3n) is 5.00. The van der Waals surface area contributed by atoms with Crippen molar-refractivity contribution in [1.82, 2.24) is 10.3 Å². The minimum Gasteiger partial charge on any atom is -0.375 e. The van der Waals surface area contributed by atoms with Crippen LogP contribution in [-0.2, 0) is 4.74 Å². The van der Waals surface area contributed by atoms with Crippen LogP contribution in [0.3, 0.4) is 0 Å². The SMILES string of the molecule is O=C(NC1CCOC2(CCC2)C1)c1cnc2ccc(F)cc2c1. The molecule has 0 bridgehead atoms. The number of nitrogens with one attached hydrogen (secondary N) is 1. The van der Waals surface area contributed by atoms with E-state index in [0.29, 0.717) is 23.1 Å². The zero-order chi connectivity index (χ0) is 15.9. The molecule has 1 aliphatic carbocycles. The van der Waals surface area contributed by atoms with Gasteiger partial charge in [0.1, 0.15) is 5.82 Å². The van der Waals surface area contributed by atoms with Gasteiger partial charge in [-0.25, -0.2) is 4.39 Å². The number of pyridine rings is 1. The Morgan fingerprint density at radius 2 is 2.22 bits per heavy atom. The predicted molar refractivity (Wildman–Crippen MR) is 84.7 cm³/mol. The lowest BCUT2D eigenvalue weighted by atomic mass is 9.74. The van der Waals surface area contributed by atoms with Crippen LogP contribution in [0.1, 0.15) is 42.5 Å². The Morgan fingerprint density at radius 3 is 3.00 bits per heavy atom. The summed E-state index contributed by atoms with van der Waals surface area (Å²) in [6.07, 6.45) is 6.67. The minimum absolute atomic E-state index is 0.000952. The molecule has 1 aromatic heterocycles. The summed E-state index contributed by atoms with van der Waals surface area (Å²) in [7, 11) is 0. The Morgan fingerprint density at radius 1 is 1.35 bits per heavy atom. The van der Waals surface area contributed by atoms with Gasteiger partial charge in [0, 0.05) is 24.2 Å². The van der Waals surface area contributed by atoms with E-state index in [2.05, 4.69) is 10.3 Å². The molecule has 1 spiro atoms. The van der Waals surface area contributed by atoms with Crippen molar-refractivity contribution < 1.29 is 13.9 Å². The molecule has 0 radical (unpaired) electrons. The molecule has 120 valence electrons. The number of amides is 1. The van der Waals surface area contributed by atoms with Gasteiger partial charge in [-0.2, -0.15) is 0 Å². The Bertz CT molecular complexity index is 758. The van der Waals surface area contributed by atoms with E-state index in [1.807, 2.05) is 0 Å². The van der Waals surface area contributed by atoms with Crippen LogP contribution < -0.4 is 5.32 Å². The van der Waals surface area contributed by atoms with E-state index in [1.165, 1.54) is 18.6 Å². The van der Waals surface area contributed by atoms with E-state index < -0.39 is 0 Å². The molecule has 1 aromatic carbocycles. The number of halogens is 1. The van der Waals surface area contributed by atoms with E-state index in [0.717, 1.165) is 25.7 Å². The monoisotopic (exact) mass is 314 g/mol. The summed E-state index contributed by atoms with van der Waals surface area (Å²) in [6, 6.07) is 6.22. The van der Waals surface area contributed by atoms with Crippen molar-refractivity contribution in [1.29, 1.82) is 0 Å². The average Bonchev–Trinajstić information content (AvgIpc) is 2.53. The van der Waals surface area contributed by atoms with E-state index in [1.54, 1.807) is 18.3 Å². The topological polar surface area (TPSA) is 51.2 Å². The number of nitrogens with zero attached hydrogens (tertiary/aromatic N) is 1. The van der Waals surface area contributed by atoms with Gasteiger partial charge < -0.3 is 10.1 Å². The maximum absolute atomic E-state index is 13.3. The normalized spacial score (nSPS) is 22.7. The largest absolute Gasteiger partial charge is 0.375 e. The molecule has 1 saturated heterocycles. The van der Waals surface area contributed by atoms with Crippen molar-refractivity contribution in [3.63, 3.8) is 0 Å². The summed E-state index contributed by atoms with van der Waals surface area (Å²) in [4.78, 5) is 16.7. The maximum atomic E-state index is 13.3. The number of fused-ring (bicyclic) bond motifs is 1. The highest BCUT2D eigenvalue weighted by Gasteiger charge is 2.42. The van der Waals surface area contributed by atoms with E-state index in [-0.39, 0.29) is 23.4 Å². The Kier molecular flexibility index (Phi) is 3.53. The maximum Gasteiger partial charge on any atom is 0.253 e. The summed E-state index contributed by atoms with van der Waals surface area (Å²) >= 11 is 0. The molecule has 1 N–H and O–H groups in total. The molecule has 4 rings (SSSR count). The van der Waals surface area contributed by atoms with Crippen LogP contribution in [0.4, 0.5) is 4.39 Å². The van der Waals surface area contributed by atoms with Gasteiger partial charge in [0.15, 0.2) is 0 Å². The van der Waals surface area contributed by atoms with Crippen molar-refractivity contribution in [3.8, 4) is 0 Å². The first kappa shape index (κ1) is 14.6. The van der Waals surface area contributed by atoms with Crippen LogP contribution in [-0.4, -0.2) is 29.1 Å². The van der Waals surface area contributed by atoms with Gasteiger partial charge in [-0.1, -0.05) is 0 Å². The first-order valence-electron chi connectivity index (χ1n) is 8.14. The van der Waals surface area contributed by atoms with Crippen LogP contribution >= 0.6 is 0 Å². The Labute approximate surface area is 134 Å². The summed E-state index contributed by atoms with van der Waals surface area (Å²) in [5.74, 6) is -0.474. The number of rotatable bonds is 2. The number of ether oxygens (including phenoxy) is 1. The molecule has 2 aromatic rings. The highest BCUT2D eigenvalue weighted by molar-refractivity contribution is 5.97. The van der Waals surface area contributed by atoms with E-state index in [9.17, 15) is 9.18 Å². The van der Waals surface area contributed by atoms with Gasteiger partial charge in [-0.3, -0.25) is 9.78 Å². The molecule has 2 heterocycles. The zero-order valence-electron chi connectivity index (χ0n) is 12.8. The molecule has 2 aliphatic rings. The molecule has 5 heteroatoms. The van der Waals surface area contributed by atoms with Crippen LogP contribution in [0.2, 0.25) is 0 Å². The Hall–Kier alpha value is -2.01. The fourth-order valence-corrected chi connectivity index (χ4v) is 3.57. The number of hydrogen-bond acceptors (Lipinski definition) is 3. The lowest BCUT2D eigenvalue weighted by Crippen LogP contribution is -2.52. The van der Waals surface area contributed by atoms with Crippen LogP contribution in [0.25, 0.3) is 10.9 Å². The molecular formula is C18H19FN2O2. The molecule has 2 fully saturated rings. The lowest BCUT2D eigenvalue weighted by Gasteiger charge is -2.47. The first-order valence-corrected chi connectivity index (χ1v) is 8.14. The van der Waals surface area contributed by atoms with Crippen molar-refractivity contribution in [2.24, 2.45) is 0 Å². The number of benzene rings is 1. The van der Waals surface area contributed by atoms with Crippen molar-refractivity contribution in [2.75, 3.05) is 6.61 Å². The third-order valence-corrected chi connectivity index (χ3v) is 5.00. The fourth-order valence-electron chi connectivity index (χ4n) is 3.57. The molecule has 1 aliphatic heterocycles. The lowest BCUT2D eigenvalue weighted by molar-refractivity contribution is -0.134. The van der Waals surface area contributed by atoms with Gasteiger partial charge in [0.25, 0.3) is 5.91 Å². The standard InChI is InChI=1S/C18H19FN2O2/c19-14-2-3-16-12(9-14)8-13(11-20-16)17(22)21-15-4-7-23-18(10-15)5-1-6-18/h2-3,8-9,11,15H,1,4-7,10H2,(H,21,22). The predicted octanol–water partition coefficient (Wildman–Crippen LogP) is 3.21. The molecule has 1 saturated carbocycles. The van der Waals surface area contributed by atoms with E-state index in [4.69, 9.17) is 4.74 Å². The quantitative estimate of drug-likeness (QED) is 0.926. The summed E-state index contributed by atoms with van der Waals surface area (Å²) in [6.45, 7) is 0.701. The Balaban J connectivity index is 1.50. The fraction of sp³-hybridized carbons (Fsp3) is 0.444. The zero-order valence-corrected chi connectivity index (χ0v) is 12.8. The molecule has 23 heavy (non-hydrogen) atoms. The van der Waals surface area contributed by atoms with E-state index >= 15 is 0 Å². The van der Waals surface area contributed by atoms with Gasteiger partial charge in [-0.05, 0) is 56.4 Å². The summed E-state index contributed by atoms with van der Waals surface area (Å²) in [5.41, 5.74) is 1.15. The van der Waals surface area contributed by atoms with Crippen LogP contribution in [0, 0.1) is 5.82 Å². The first-order chi connectivity index (χ1) is 11.1. The molecular weight excluding hydrogens is 295 g/mol. The summed E-state index contributed by atoms with van der Waals surface area (Å²) in [5, 5.41) is 3.72.